The van der Waals surface area contributed by atoms with Gasteiger partial charge in [-0.1, -0.05) is 5.21 Å². The molecule has 0 saturated carbocycles. The molecule has 0 fully saturated rings. The van der Waals surface area contributed by atoms with E-state index in [0.717, 1.165) is 17.0 Å². The van der Waals surface area contributed by atoms with Crippen LogP contribution in [0.2, 0.25) is 0 Å². The number of nitrogens with zero attached hydrogens (tertiary/aromatic N) is 3. The largest absolute Gasteiger partial charge is 0.497 e. The molecule has 1 heterocycles. The average Bonchev–Trinajstić information content (AvgIpc) is 2.98. The van der Waals surface area contributed by atoms with Gasteiger partial charge in [-0.3, -0.25) is 0 Å². The number of methoxy groups -OCH3 is 1. The Morgan fingerprint density at radius 3 is 2.64 bits per heavy atom. The van der Waals surface area contributed by atoms with Crippen molar-refractivity contribution < 1.29 is 14.3 Å². The van der Waals surface area contributed by atoms with Crippen molar-refractivity contribution in [1.82, 2.24) is 15.0 Å². The molecule has 0 N–H and O–H groups in total. The molecule has 6 nitrogen and oxygen atoms in total. The first-order chi connectivity index (χ1) is 10.7. The molecule has 0 aliphatic heterocycles. The summed E-state index contributed by atoms with van der Waals surface area (Å²) in [4.78, 5) is 11.9. The van der Waals surface area contributed by atoms with Gasteiger partial charge in [0.2, 0.25) is 0 Å². The minimum absolute atomic E-state index is 0.340. The van der Waals surface area contributed by atoms with Crippen molar-refractivity contribution >= 4 is 17.0 Å². The molecule has 0 unspecified atom stereocenters. The SMILES string of the molecule is CCOC(=O)c1ccc2nnn(-c3ccc(OC)cc3)c2c1. The Kier molecular flexibility index (Phi) is 3.74. The van der Waals surface area contributed by atoms with Gasteiger partial charge in [0.1, 0.15) is 11.3 Å². The highest BCUT2D eigenvalue weighted by Crippen LogP contribution is 2.20. The maximum atomic E-state index is 11.9. The van der Waals surface area contributed by atoms with E-state index in [1.54, 1.807) is 36.9 Å². The molecule has 0 bridgehead atoms. The Morgan fingerprint density at radius 2 is 1.95 bits per heavy atom. The third-order valence-electron chi connectivity index (χ3n) is 3.27. The van der Waals surface area contributed by atoms with Crippen molar-refractivity contribution in [3.8, 4) is 11.4 Å². The van der Waals surface area contributed by atoms with Crippen molar-refractivity contribution in [2.24, 2.45) is 0 Å². The van der Waals surface area contributed by atoms with E-state index in [9.17, 15) is 4.79 Å². The molecule has 112 valence electrons. The second kappa shape index (κ2) is 5.85. The Labute approximate surface area is 127 Å². The van der Waals surface area contributed by atoms with Crippen molar-refractivity contribution in [1.29, 1.82) is 0 Å². The van der Waals surface area contributed by atoms with E-state index in [1.165, 1.54) is 0 Å². The van der Waals surface area contributed by atoms with Crippen molar-refractivity contribution in [2.45, 2.75) is 6.92 Å². The summed E-state index contributed by atoms with van der Waals surface area (Å²) in [6, 6.07) is 12.6. The van der Waals surface area contributed by atoms with Gasteiger partial charge in [0.15, 0.2) is 0 Å². The third-order valence-corrected chi connectivity index (χ3v) is 3.27. The number of esters is 1. The van der Waals surface area contributed by atoms with Gasteiger partial charge in [-0.15, -0.1) is 5.10 Å². The molecule has 0 amide bonds. The van der Waals surface area contributed by atoms with Crippen molar-refractivity contribution in [3.63, 3.8) is 0 Å². The average molecular weight is 297 g/mol. The van der Waals surface area contributed by atoms with Crippen LogP contribution in [-0.2, 0) is 4.74 Å². The summed E-state index contributed by atoms with van der Waals surface area (Å²) >= 11 is 0. The maximum Gasteiger partial charge on any atom is 0.338 e. The van der Waals surface area contributed by atoms with Gasteiger partial charge < -0.3 is 9.47 Å². The summed E-state index contributed by atoms with van der Waals surface area (Å²) in [5.74, 6) is 0.410. The van der Waals surface area contributed by atoms with Gasteiger partial charge >= 0.3 is 5.97 Å². The number of fused-ring (bicyclic) bond motifs is 1. The molecule has 0 aliphatic rings. The van der Waals surface area contributed by atoms with E-state index in [2.05, 4.69) is 10.3 Å². The van der Waals surface area contributed by atoms with Crippen LogP contribution in [0.15, 0.2) is 42.5 Å². The van der Waals surface area contributed by atoms with Crippen LogP contribution >= 0.6 is 0 Å². The summed E-state index contributed by atoms with van der Waals surface area (Å²) in [6.45, 7) is 2.12. The number of benzene rings is 2. The fourth-order valence-electron chi connectivity index (χ4n) is 2.17. The van der Waals surface area contributed by atoms with Crippen LogP contribution in [0.1, 0.15) is 17.3 Å². The van der Waals surface area contributed by atoms with Crippen molar-refractivity contribution in [2.75, 3.05) is 13.7 Å². The highest BCUT2D eigenvalue weighted by molar-refractivity contribution is 5.93. The lowest BCUT2D eigenvalue weighted by atomic mass is 10.2. The van der Waals surface area contributed by atoms with E-state index in [0.29, 0.717) is 17.7 Å². The smallest absolute Gasteiger partial charge is 0.338 e. The third kappa shape index (κ3) is 2.50. The number of rotatable bonds is 4. The van der Waals surface area contributed by atoms with Gasteiger partial charge in [-0.2, -0.15) is 0 Å². The predicted octanol–water partition coefficient (Wildman–Crippen LogP) is 2.61. The molecule has 2 aromatic carbocycles. The minimum atomic E-state index is -0.355. The zero-order valence-corrected chi connectivity index (χ0v) is 12.3. The monoisotopic (exact) mass is 297 g/mol. The predicted molar refractivity (Wildman–Crippen MR) is 81.4 cm³/mol. The zero-order valence-electron chi connectivity index (χ0n) is 12.3. The summed E-state index contributed by atoms with van der Waals surface area (Å²) in [5.41, 5.74) is 2.77. The number of carbonyl (C=O) groups is 1. The van der Waals surface area contributed by atoms with E-state index in [1.807, 2.05) is 24.3 Å². The zero-order chi connectivity index (χ0) is 15.5. The van der Waals surface area contributed by atoms with E-state index < -0.39 is 0 Å². The minimum Gasteiger partial charge on any atom is -0.497 e. The van der Waals surface area contributed by atoms with Crippen LogP contribution in [0.3, 0.4) is 0 Å². The first-order valence-electron chi connectivity index (χ1n) is 6.90. The molecular weight excluding hydrogens is 282 g/mol. The molecule has 22 heavy (non-hydrogen) atoms. The highest BCUT2D eigenvalue weighted by Gasteiger charge is 2.12. The maximum absolute atomic E-state index is 11.9. The number of hydrogen-bond acceptors (Lipinski definition) is 5. The van der Waals surface area contributed by atoms with Gasteiger partial charge in [0.05, 0.1) is 30.5 Å². The molecule has 3 aromatic rings. The normalized spacial score (nSPS) is 10.6. The quantitative estimate of drug-likeness (QED) is 0.692. The van der Waals surface area contributed by atoms with Crippen LogP contribution in [-0.4, -0.2) is 34.7 Å². The standard InChI is InChI=1S/C16H15N3O3/c1-3-22-16(20)11-4-9-14-15(10-11)19(18-17-14)12-5-7-13(21-2)8-6-12/h4-10H,3H2,1-2H3. The van der Waals surface area contributed by atoms with Crippen LogP contribution in [0.25, 0.3) is 16.7 Å². The van der Waals surface area contributed by atoms with Crippen LogP contribution in [0, 0.1) is 0 Å². The first-order valence-corrected chi connectivity index (χ1v) is 6.90. The number of aromatic nitrogens is 3. The Bertz CT molecular complexity index is 809. The Morgan fingerprint density at radius 1 is 1.18 bits per heavy atom. The second-order valence-corrected chi connectivity index (χ2v) is 4.62. The summed E-state index contributed by atoms with van der Waals surface area (Å²) < 4.78 is 11.8. The fraction of sp³-hybridized carbons (Fsp3) is 0.188. The number of hydrogen-bond donors (Lipinski definition) is 0. The molecule has 6 heteroatoms. The lowest BCUT2D eigenvalue weighted by molar-refractivity contribution is 0.0526. The molecular formula is C16H15N3O3. The molecule has 1 aromatic heterocycles. The lowest BCUT2D eigenvalue weighted by Gasteiger charge is -2.05. The Hall–Kier alpha value is -2.89. The second-order valence-electron chi connectivity index (χ2n) is 4.62. The fourth-order valence-corrected chi connectivity index (χ4v) is 2.17. The van der Waals surface area contributed by atoms with E-state index >= 15 is 0 Å². The topological polar surface area (TPSA) is 66.2 Å². The first kappa shape index (κ1) is 14.1. The van der Waals surface area contributed by atoms with E-state index in [-0.39, 0.29) is 5.97 Å². The van der Waals surface area contributed by atoms with Crippen LogP contribution < -0.4 is 4.74 Å². The molecule has 3 rings (SSSR count). The van der Waals surface area contributed by atoms with Crippen LogP contribution in [0.4, 0.5) is 0 Å². The van der Waals surface area contributed by atoms with Crippen LogP contribution in [0.5, 0.6) is 5.75 Å². The van der Waals surface area contributed by atoms with Gasteiger partial charge in [0, 0.05) is 0 Å². The number of carbonyl (C=O) groups excluding carboxylic acids is 1. The molecule has 0 radical (unpaired) electrons. The molecule has 0 spiro atoms. The van der Waals surface area contributed by atoms with E-state index in [4.69, 9.17) is 9.47 Å². The highest BCUT2D eigenvalue weighted by atomic mass is 16.5. The Balaban J connectivity index is 2.05. The van der Waals surface area contributed by atoms with Gasteiger partial charge in [0.25, 0.3) is 0 Å². The molecule has 0 saturated heterocycles. The molecule has 0 aliphatic carbocycles. The summed E-state index contributed by atoms with van der Waals surface area (Å²) in [6.07, 6.45) is 0. The number of ether oxygens (including phenoxy) is 2. The summed E-state index contributed by atoms with van der Waals surface area (Å²) in [7, 11) is 1.62. The van der Waals surface area contributed by atoms with Crippen molar-refractivity contribution in [3.05, 3.63) is 48.0 Å². The lowest BCUT2D eigenvalue weighted by Crippen LogP contribution is -2.05. The van der Waals surface area contributed by atoms with Gasteiger partial charge in [-0.25, -0.2) is 9.48 Å². The summed E-state index contributed by atoms with van der Waals surface area (Å²) in [5, 5.41) is 8.25. The van der Waals surface area contributed by atoms with Gasteiger partial charge in [-0.05, 0) is 49.4 Å². The molecule has 0 atom stereocenters.